The molecule has 0 saturated heterocycles. The number of aliphatic hydroxyl groups excluding tert-OH is 4. The molecular formula is C61H121NO5. The van der Waals surface area contributed by atoms with Crippen LogP contribution in [0.3, 0.4) is 0 Å². The third-order valence-electron chi connectivity index (χ3n) is 14.7. The molecule has 0 aliphatic heterocycles. The van der Waals surface area contributed by atoms with Crippen LogP contribution in [0.15, 0.2) is 12.2 Å². The predicted molar refractivity (Wildman–Crippen MR) is 293 cm³/mol. The van der Waals surface area contributed by atoms with Crippen molar-refractivity contribution in [1.82, 2.24) is 5.32 Å². The lowest BCUT2D eigenvalue weighted by atomic mass is 9.99. The Bertz CT molecular complexity index is 975. The van der Waals surface area contributed by atoms with E-state index in [0.717, 1.165) is 38.5 Å². The normalized spacial score (nSPS) is 13.7. The van der Waals surface area contributed by atoms with Gasteiger partial charge in [0.2, 0.25) is 5.91 Å². The molecule has 0 aromatic carbocycles. The second-order valence-corrected chi connectivity index (χ2v) is 21.4. The number of hydrogen-bond acceptors (Lipinski definition) is 5. The maximum atomic E-state index is 12.6. The Kier molecular flexibility index (Phi) is 55.2. The zero-order chi connectivity index (χ0) is 48.8. The third kappa shape index (κ3) is 49.8. The van der Waals surface area contributed by atoms with Crippen molar-refractivity contribution in [2.45, 2.75) is 366 Å². The number of aliphatic hydroxyl groups is 4. The van der Waals surface area contributed by atoms with Gasteiger partial charge in [-0.25, -0.2) is 0 Å². The largest absolute Gasteiger partial charge is 0.394 e. The summed E-state index contributed by atoms with van der Waals surface area (Å²) < 4.78 is 0. The van der Waals surface area contributed by atoms with Crippen molar-refractivity contribution in [3.05, 3.63) is 12.2 Å². The van der Waals surface area contributed by atoms with Crippen LogP contribution in [0.2, 0.25) is 0 Å². The lowest BCUT2D eigenvalue weighted by molar-refractivity contribution is -0.132. The number of hydrogen-bond donors (Lipinski definition) is 5. The minimum Gasteiger partial charge on any atom is -0.394 e. The number of carbonyl (C=O) groups is 1. The molecule has 5 N–H and O–H groups in total. The Hall–Kier alpha value is -0.950. The quantitative estimate of drug-likeness (QED) is 0.0308. The van der Waals surface area contributed by atoms with Crippen molar-refractivity contribution in [1.29, 1.82) is 0 Å². The first-order chi connectivity index (χ1) is 33.0. The molecule has 4 unspecified atom stereocenters. The zero-order valence-corrected chi connectivity index (χ0v) is 45.4. The van der Waals surface area contributed by atoms with E-state index in [0.29, 0.717) is 12.8 Å². The van der Waals surface area contributed by atoms with E-state index < -0.39 is 36.9 Å². The first kappa shape index (κ1) is 66.0. The van der Waals surface area contributed by atoms with E-state index in [4.69, 9.17) is 0 Å². The average molecular weight is 949 g/mol. The third-order valence-corrected chi connectivity index (χ3v) is 14.7. The molecule has 0 bridgehead atoms. The number of rotatable bonds is 57. The molecule has 0 spiro atoms. The Labute approximate surface area is 419 Å². The maximum Gasteiger partial charge on any atom is 0.249 e. The average Bonchev–Trinajstić information content (AvgIpc) is 3.33. The van der Waals surface area contributed by atoms with Crippen LogP contribution in [-0.4, -0.2) is 57.3 Å². The minimum absolute atomic E-state index is 0.372. The molecule has 0 aromatic rings. The lowest BCUT2D eigenvalue weighted by Gasteiger charge is -2.27. The highest BCUT2D eigenvalue weighted by Gasteiger charge is 2.28. The summed E-state index contributed by atoms with van der Waals surface area (Å²) >= 11 is 0. The van der Waals surface area contributed by atoms with Gasteiger partial charge in [-0.15, -0.1) is 0 Å². The minimum atomic E-state index is -1.26. The fraction of sp³-hybridized carbons (Fsp3) is 0.951. The number of amides is 1. The van der Waals surface area contributed by atoms with Crippen LogP contribution in [0.1, 0.15) is 341 Å². The highest BCUT2D eigenvalue weighted by Crippen LogP contribution is 2.19. The molecular weight excluding hydrogens is 827 g/mol. The summed E-state index contributed by atoms with van der Waals surface area (Å²) in [6, 6.07) is -0.984. The second kappa shape index (κ2) is 56.0. The first-order valence-electron chi connectivity index (χ1n) is 30.6. The SMILES string of the molecule is CCCCCCCCCCCCCC/C=C\CCCCCCCCCCCCCC(O)C(=O)NC(CO)C(O)C(O)CCCCCCCCCCCCCCCCCCCCCCCCCC. The highest BCUT2D eigenvalue weighted by molar-refractivity contribution is 5.80. The standard InChI is InChI=1S/C61H121NO5/c1-3-5-7-9-11-13-15-17-19-21-23-25-27-29-30-31-33-35-37-39-41-43-45-47-49-51-53-55-59(65)61(67)62-57(56-63)60(66)58(64)54-52-50-48-46-44-42-40-38-36-34-32-28-26-24-22-20-18-16-14-12-10-8-6-4-2/h29-30,57-60,63-66H,3-28,31-56H2,1-2H3,(H,62,67)/b30-29-. The van der Waals surface area contributed by atoms with Crippen LogP contribution < -0.4 is 5.32 Å². The maximum absolute atomic E-state index is 12.6. The van der Waals surface area contributed by atoms with E-state index in [2.05, 4.69) is 31.3 Å². The van der Waals surface area contributed by atoms with Crippen molar-refractivity contribution in [3.63, 3.8) is 0 Å². The van der Waals surface area contributed by atoms with E-state index >= 15 is 0 Å². The number of carbonyl (C=O) groups excluding carboxylic acids is 1. The van der Waals surface area contributed by atoms with Crippen LogP contribution in [0.5, 0.6) is 0 Å². The van der Waals surface area contributed by atoms with E-state index in [1.807, 2.05) is 0 Å². The van der Waals surface area contributed by atoms with Gasteiger partial charge in [0.25, 0.3) is 0 Å². The summed E-state index contributed by atoms with van der Waals surface area (Å²) in [6.07, 6.45) is 67.2. The van der Waals surface area contributed by atoms with Gasteiger partial charge in [0, 0.05) is 0 Å². The fourth-order valence-electron chi connectivity index (χ4n) is 9.93. The van der Waals surface area contributed by atoms with Crippen molar-refractivity contribution < 1.29 is 25.2 Å². The molecule has 6 nitrogen and oxygen atoms in total. The fourth-order valence-corrected chi connectivity index (χ4v) is 9.93. The van der Waals surface area contributed by atoms with Gasteiger partial charge in [0.05, 0.1) is 18.8 Å². The monoisotopic (exact) mass is 948 g/mol. The Morgan fingerprint density at radius 3 is 0.866 bits per heavy atom. The first-order valence-corrected chi connectivity index (χ1v) is 30.6. The molecule has 400 valence electrons. The van der Waals surface area contributed by atoms with Crippen LogP contribution in [-0.2, 0) is 4.79 Å². The van der Waals surface area contributed by atoms with Crippen LogP contribution in [0, 0.1) is 0 Å². The van der Waals surface area contributed by atoms with Gasteiger partial charge in [0.1, 0.15) is 12.2 Å². The van der Waals surface area contributed by atoms with Crippen LogP contribution in [0.4, 0.5) is 0 Å². The topological polar surface area (TPSA) is 110 Å². The molecule has 0 aromatic heterocycles. The van der Waals surface area contributed by atoms with Gasteiger partial charge >= 0.3 is 0 Å². The lowest BCUT2D eigenvalue weighted by Crippen LogP contribution is -2.53. The van der Waals surface area contributed by atoms with Gasteiger partial charge in [-0.05, 0) is 38.5 Å². The van der Waals surface area contributed by atoms with E-state index in [-0.39, 0.29) is 0 Å². The molecule has 67 heavy (non-hydrogen) atoms. The van der Waals surface area contributed by atoms with E-state index in [9.17, 15) is 25.2 Å². The smallest absolute Gasteiger partial charge is 0.249 e. The Morgan fingerprint density at radius 1 is 0.358 bits per heavy atom. The Balaban J connectivity index is 3.58. The molecule has 0 radical (unpaired) electrons. The van der Waals surface area contributed by atoms with Crippen molar-refractivity contribution in [2.24, 2.45) is 0 Å². The molecule has 1 amide bonds. The number of nitrogens with one attached hydrogen (secondary N) is 1. The number of unbranched alkanes of at least 4 members (excludes halogenated alkanes) is 46. The van der Waals surface area contributed by atoms with E-state index in [1.54, 1.807) is 0 Å². The predicted octanol–water partition coefficient (Wildman–Crippen LogP) is 18.0. The van der Waals surface area contributed by atoms with E-state index in [1.165, 1.54) is 276 Å². The van der Waals surface area contributed by atoms with Crippen LogP contribution in [0.25, 0.3) is 0 Å². The summed E-state index contributed by atoms with van der Waals surface area (Å²) in [6.45, 7) is 4.10. The molecule has 6 heteroatoms. The summed E-state index contributed by atoms with van der Waals surface area (Å²) in [5, 5.41) is 44.1. The van der Waals surface area contributed by atoms with Gasteiger partial charge in [-0.2, -0.15) is 0 Å². The highest BCUT2D eigenvalue weighted by atomic mass is 16.3. The molecule has 0 saturated carbocycles. The summed E-state index contributed by atoms with van der Waals surface area (Å²) in [5.74, 6) is -0.578. The van der Waals surface area contributed by atoms with Crippen molar-refractivity contribution >= 4 is 5.91 Å². The van der Waals surface area contributed by atoms with Crippen molar-refractivity contribution in [2.75, 3.05) is 6.61 Å². The summed E-state index contributed by atoms with van der Waals surface area (Å²) in [7, 11) is 0. The van der Waals surface area contributed by atoms with Gasteiger partial charge in [-0.3, -0.25) is 4.79 Å². The summed E-state index contributed by atoms with van der Waals surface area (Å²) in [4.78, 5) is 12.6. The van der Waals surface area contributed by atoms with Gasteiger partial charge in [0.15, 0.2) is 0 Å². The molecule has 0 aliphatic carbocycles. The Morgan fingerprint density at radius 2 is 0.597 bits per heavy atom. The second-order valence-electron chi connectivity index (χ2n) is 21.4. The number of allylic oxidation sites excluding steroid dienone is 2. The van der Waals surface area contributed by atoms with Gasteiger partial charge in [-0.1, -0.05) is 315 Å². The molecule has 0 fully saturated rings. The summed E-state index contributed by atoms with van der Waals surface area (Å²) in [5.41, 5.74) is 0. The van der Waals surface area contributed by atoms with Crippen LogP contribution >= 0.6 is 0 Å². The zero-order valence-electron chi connectivity index (χ0n) is 45.4. The molecule has 0 heterocycles. The molecule has 0 aliphatic rings. The van der Waals surface area contributed by atoms with Gasteiger partial charge < -0.3 is 25.7 Å². The van der Waals surface area contributed by atoms with Crippen molar-refractivity contribution in [3.8, 4) is 0 Å². The molecule has 4 atom stereocenters. The molecule has 0 rings (SSSR count).